The Morgan fingerprint density at radius 3 is 0.917 bits per heavy atom. The molecular weight excluding hydrogens is 1030 g/mol. The smallest absolute Gasteiger partial charge is 0.305 e. The van der Waals surface area contributed by atoms with E-state index in [-0.39, 0.29) is 18.5 Å². The maximum absolute atomic E-state index is 12.5. The topological polar surface area (TPSA) is 95.9 Å². The third-order valence-corrected chi connectivity index (χ3v) is 17.9. The first-order valence-electron chi connectivity index (χ1n) is 38.3. The molecule has 0 aromatic carbocycles. The van der Waals surface area contributed by atoms with Crippen LogP contribution in [0.5, 0.6) is 0 Å². The van der Waals surface area contributed by atoms with E-state index in [1.807, 2.05) is 6.08 Å². The number of carbonyl (C=O) groups is 2. The monoisotopic (exact) mass is 1180 g/mol. The number of hydrogen-bond donors (Lipinski definition) is 3. The summed E-state index contributed by atoms with van der Waals surface area (Å²) in [6.07, 6.45) is 95.5. The zero-order valence-electron chi connectivity index (χ0n) is 56.9. The lowest BCUT2D eigenvalue weighted by Gasteiger charge is -2.20. The number of esters is 1. The Hall–Kier alpha value is -1.92. The molecule has 3 N–H and O–H groups in total. The summed E-state index contributed by atoms with van der Waals surface area (Å²) in [6.45, 7) is 4.92. The predicted octanol–water partition coefficient (Wildman–Crippen LogP) is 25.0. The number of hydrogen-bond acceptors (Lipinski definition) is 5. The highest BCUT2D eigenvalue weighted by molar-refractivity contribution is 5.76. The van der Waals surface area contributed by atoms with Crippen LogP contribution in [0, 0.1) is 0 Å². The molecule has 0 aromatic heterocycles. The Labute approximate surface area is 525 Å². The minimum atomic E-state index is -0.840. The molecule has 0 rings (SSSR count). The van der Waals surface area contributed by atoms with Crippen molar-refractivity contribution in [3.8, 4) is 0 Å². The fourth-order valence-corrected chi connectivity index (χ4v) is 12.1. The van der Waals surface area contributed by atoms with Gasteiger partial charge >= 0.3 is 5.97 Å². The summed E-state index contributed by atoms with van der Waals surface area (Å²) in [5.41, 5.74) is 0. The van der Waals surface area contributed by atoms with Crippen LogP contribution < -0.4 is 5.32 Å². The average Bonchev–Trinajstić information content (AvgIpc) is 3.54. The molecule has 0 fully saturated rings. The van der Waals surface area contributed by atoms with Crippen molar-refractivity contribution in [3.05, 3.63) is 36.5 Å². The fraction of sp³-hybridized carbons (Fsp3) is 0.897. The van der Waals surface area contributed by atoms with Gasteiger partial charge in [0.1, 0.15) is 0 Å². The second-order valence-corrected chi connectivity index (χ2v) is 26.3. The number of aliphatic hydroxyl groups is 2. The molecule has 0 aliphatic heterocycles. The van der Waals surface area contributed by atoms with E-state index in [1.165, 1.54) is 347 Å². The molecule has 0 spiro atoms. The Balaban J connectivity index is 3.31. The van der Waals surface area contributed by atoms with Crippen LogP contribution in [0.2, 0.25) is 0 Å². The minimum absolute atomic E-state index is 0.0155. The molecule has 1 amide bonds. The van der Waals surface area contributed by atoms with Crippen LogP contribution in [0.1, 0.15) is 425 Å². The molecule has 84 heavy (non-hydrogen) atoms. The van der Waals surface area contributed by atoms with Crippen LogP contribution in [-0.4, -0.2) is 47.4 Å². The van der Waals surface area contributed by atoms with Crippen LogP contribution in [0.3, 0.4) is 0 Å². The molecule has 0 aliphatic carbocycles. The van der Waals surface area contributed by atoms with E-state index in [1.54, 1.807) is 6.08 Å². The zero-order valence-corrected chi connectivity index (χ0v) is 56.9. The van der Waals surface area contributed by atoms with Gasteiger partial charge in [0.15, 0.2) is 0 Å². The van der Waals surface area contributed by atoms with Gasteiger partial charge in [-0.3, -0.25) is 9.59 Å². The number of amides is 1. The van der Waals surface area contributed by atoms with Crippen molar-refractivity contribution >= 4 is 11.9 Å². The first-order chi connectivity index (χ1) is 41.5. The van der Waals surface area contributed by atoms with Gasteiger partial charge in [-0.2, -0.15) is 0 Å². The van der Waals surface area contributed by atoms with E-state index in [9.17, 15) is 19.8 Å². The predicted molar refractivity (Wildman–Crippen MR) is 370 cm³/mol. The number of unbranched alkanes of at least 4 members (excludes halogenated alkanes) is 57. The van der Waals surface area contributed by atoms with Gasteiger partial charge in [0, 0.05) is 12.8 Å². The van der Waals surface area contributed by atoms with Crippen molar-refractivity contribution in [1.29, 1.82) is 0 Å². The number of nitrogens with one attached hydrogen (secondary N) is 1. The zero-order chi connectivity index (χ0) is 60.6. The van der Waals surface area contributed by atoms with E-state index in [4.69, 9.17) is 4.74 Å². The molecule has 0 aliphatic rings. The van der Waals surface area contributed by atoms with Crippen LogP contribution in [0.25, 0.3) is 0 Å². The number of carbonyl (C=O) groups excluding carboxylic acids is 2. The van der Waals surface area contributed by atoms with Gasteiger partial charge < -0.3 is 20.3 Å². The van der Waals surface area contributed by atoms with E-state index >= 15 is 0 Å². The summed E-state index contributed by atoms with van der Waals surface area (Å²) >= 11 is 0. The Bertz CT molecular complexity index is 1360. The summed E-state index contributed by atoms with van der Waals surface area (Å²) in [7, 11) is 0. The highest BCUT2D eigenvalue weighted by Crippen LogP contribution is 2.19. The van der Waals surface area contributed by atoms with Crippen molar-refractivity contribution in [2.45, 2.75) is 437 Å². The molecule has 0 radical (unpaired) electrons. The molecule has 6 nitrogen and oxygen atoms in total. The Morgan fingerprint density at radius 2 is 0.595 bits per heavy atom. The van der Waals surface area contributed by atoms with E-state index < -0.39 is 12.1 Å². The van der Waals surface area contributed by atoms with Gasteiger partial charge in [0.05, 0.1) is 25.4 Å². The molecule has 496 valence electrons. The lowest BCUT2D eigenvalue weighted by atomic mass is 10.0. The number of rotatable bonds is 72. The van der Waals surface area contributed by atoms with Crippen molar-refractivity contribution < 1.29 is 24.5 Å². The molecular formula is C78H149NO5. The standard InChI is InChI=1S/C78H149NO5/c1-3-5-7-9-11-13-15-17-19-20-41-44-48-52-56-60-64-68-72-78(83)84-73-69-65-61-57-53-49-45-42-39-37-35-33-31-29-27-25-23-21-22-24-26-28-30-32-34-36-38-40-43-47-51-55-59-63-67-71-77(82)79-75(74-80)76(81)70-66-62-58-54-50-46-18-16-14-12-10-8-6-4-2/h13,15,19-20,66,70,75-76,80-81H,3-12,14,16-18,21-65,67-69,71-74H2,1-2H3,(H,79,82)/b15-13-,20-19-,70-66+. The first kappa shape index (κ1) is 82.1. The van der Waals surface area contributed by atoms with Crippen LogP contribution in [0.15, 0.2) is 36.5 Å². The lowest BCUT2D eigenvalue weighted by molar-refractivity contribution is -0.143. The number of allylic oxidation sites excluding steroid dienone is 5. The average molecular weight is 1180 g/mol. The minimum Gasteiger partial charge on any atom is -0.466 e. The molecule has 0 aromatic rings. The van der Waals surface area contributed by atoms with Crippen molar-refractivity contribution in [2.24, 2.45) is 0 Å². The van der Waals surface area contributed by atoms with Gasteiger partial charge in [0.2, 0.25) is 5.91 Å². The van der Waals surface area contributed by atoms with Gasteiger partial charge in [-0.25, -0.2) is 0 Å². The largest absolute Gasteiger partial charge is 0.466 e. The SMILES string of the molecule is CCCCCC/C=C\C/C=C\CCCCCCCCCC(=O)OCCCCCCCCCCCCCCCCCCCCCCCCCCCCCCCCCCCCCC(=O)NC(CO)C(O)/C=C/CCCCCCCCCCCCCC. The second kappa shape index (κ2) is 73.5. The third kappa shape index (κ3) is 69.2. The Morgan fingerprint density at radius 1 is 0.333 bits per heavy atom. The summed E-state index contributed by atoms with van der Waals surface area (Å²) in [5, 5.41) is 23.2. The summed E-state index contributed by atoms with van der Waals surface area (Å²) in [6, 6.07) is -0.623. The van der Waals surface area contributed by atoms with Crippen molar-refractivity contribution in [1.82, 2.24) is 5.32 Å². The summed E-state index contributed by atoms with van der Waals surface area (Å²) < 4.78 is 5.51. The van der Waals surface area contributed by atoms with Gasteiger partial charge in [-0.05, 0) is 64.2 Å². The highest BCUT2D eigenvalue weighted by atomic mass is 16.5. The van der Waals surface area contributed by atoms with E-state index in [0.717, 1.165) is 51.4 Å². The van der Waals surface area contributed by atoms with Crippen LogP contribution in [0.4, 0.5) is 0 Å². The second-order valence-electron chi connectivity index (χ2n) is 26.3. The van der Waals surface area contributed by atoms with Gasteiger partial charge in [-0.15, -0.1) is 0 Å². The molecule has 0 heterocycles. The molecule has 0 saturated carbocycles. The Kier molecular flexibility index (Phi) is 71.9. The molecule has 0 bridgehead atoms. The van der Waals surface area contributed by atoms with E-state index in [0.29, 0.717) is 19.4 Å². The fourth-order valence-electron chi connectivity index (χ4n) is 12.1. The number of ether oxygens (including phenoxy) is 1. The lowest BCUT2D eigenvalue weighted by Crippen LogP contribution is -2.45. The summed E-state index contributed by atoms with van der Waals surface area (Å²) in [4.78, 5) is 24.6. The molecule has 0 saturated heterocycles. The normalized spacial score (nSPS) is 12.7. The van der Waals surface area contributed by atoms with Crippen LogP contribution in [-0.2, 0) is 14.3 Å². The molecule has 2 atom stereocenters. The maximum atomic E-state index is 12.5. The number of aliphatic hydroxyl groups excluding tert-OH is 2. The highest BCUT2D eigenvalue weighted by Gasteiger charge is 2.18. The summed E-state index contributed by atoms with van der Waals surface area (Å²) in [5.74, 6) is -0.0450. The van der Waals surface area contributed by atoms with Gasteiger partial charge in [0.25, 0.3) is 0 Å². The molecule has 2 unspecified atom stereocenters. The van der Waals surface area contributed by atoms with Crippen molar-refractivity contribution in [2.75, 3.05) is 13.2 Å². The first-order valence-corrected chi connectivity index (χ1v) is 38.3. The quantitative estimate of drug-likeness (QED) is 0.0320. The van der Waals surface area contributed by atoms with Crippen molar-refractivity contribution in [3.63, 3.8) is 0 Å². The van der Waals surface area contributed by atoms with Crippen LogP contribution >= 0.6 is 0 Å². The molecule has 6 heteroatoms. The van der Waals surface area contributed by atoms with E-state index in [2.05, 4.69) is 43.5 Å². The maximum Gasteiger partial charge on any atom is 0.305 e. The van der Waals surface area contributed by atoms with Gasteiger partial charge in [-0.1, -0.05) is 384 Å². The third-order valence-electron chi connectivity index (χ3n) is 17.9.